The summed E-state index contributed by atoms with van der Waals surface area (Å²) in [5.41, 5.74) is 2.15. The molecule has 0 heterocycles. The predicted molar refractivity (Wildman–Crippen MR) is 127 cm³/mol. The maximum Gasteiger partial charge on any atom is 0.0622 e. The van der Waals surface area contributed by atoms with Crippen molar-refractivity contribution >= 4 is 8.46 Å². The van der Waals surface area contributed by atoms with E-state index in [2.05, 4.69) is 40.7 Å². The van der Waals surface area contributed by atoms with Crippen LogP contribution in [0, 0.1) is 46.3 Å². The van der Waals surface area contributed by atoms with Crippen LogP contribution in [-0.2, 0) is 4.57 Å². The van der Waals surface area contributed by atoms with Gasteiger partial charge in [0.05, 0.1) is 14.6 Å². The minimum atomic E-state index is -0.290. The van der Waals surface area contributed by atoms with Gasteiger partial charge in [-0.3, -0.25) is 4.57 Å². The van der Waals surface area contributed by atoms with Gasteiger partial charge in [0.2, 0.25) is 0 Å². The van der Waals surface area contributed by atoms with Crippen LogP contribution in [0.4, 0.5) is 0 Å². The van der Waals surface area contributed by atoms with Gasteiger partial charge in [-0.2, -0.15) is 0 Å². The fourth-order valence-electron chi connectivity index (χ4n) is 8.93. The van der Waals surface area contributed by atoms with Crippen LogP contribution in [0.1, 0.15) is 98.8 Å². The minimum Gasteiger partial charge on any atom is -0.393 e. The van der Waals surface area contributed by atoms with Crippen molar-refractivity contribution in [1.29, 1.82) is 0 Å². The molecule has 3 saturated carbocycles. The maximum atomic E-state index is 12.2. The van der Waals surface area contributed by atoms with Gasteiger partial charge in [-0.05, 0) is 85.9 Å². The molecule has 30 heavy (non-hydrogen) atoms. The molecular weight excluding hydrogens is 387 g/mol. The summed E-state index contributed by atoms with van der Waals surface area (Å²) < 4.78 is 12.2. The Labute approximate surface area is 186 Å². The van der Waals surface area contributed by atoms with Crippen LogP contribution in [0.5, 0.6) is 0 Å². The van der Waals surface area contributed by atoms with Gasteiger partial charge in [0.15, 0.2) is 0 Å². The van der Waals surface area contributed by atoms with Gasteiger partial charge in [0, 0.05) is 11.1 Å². The fourth-order valence-corrected chi connectivity index (χ4v) is 9.94. The molecule has 10 atom stereocenters. The Balaban J connectivity index is 1.54. The Kier molecular flexibility index (Phi) is 6.61. The second-order valence-electron chi connectivity index (χ2n) is 12.4. The highest BCUT2D eigenvalue weighted by molar-refractivity contribution is 7.24. The average molecular weight is 434 g/mol. The van der Waals surface area contributed by atoms with E-state index in [0.29, 0.717) is 11.3 Å². The number of fused-ring (bicyclic) bond motifs is 5. The Bertz CT molecular complexity index is 672. The average Bonchev–Trinajstić information content (AvgIpc) is 3.05. The zero-order chi connectivity index (χ0) is 21.7. The third-order valence-electron chi connectivity index (χ3n) is 10.6. The van der Waals surface area contributed by atoms with Gasteiger partial charge in [0.1, 0.15) is 0 Å². The highest BCUT2D eigenvalue weighted by Gasteiger charge is 2.60. The van der Waals surface area contributed by atoms with E-state index >= 15 is 0 Å². The van der Waals surface area contributed by atoms with Crippen LogP contribution in [0.15, 0.2) is 11.6 Å². The normalized spacial score (nSPS) is 46.8. The van der Waals surface area contributed by atoms with Crippen molar-refractivity contribution in [2.24, 2.45) is 46.3 Å². The molecule has 3 heteroatoms. The molecule has 0 bridgehead atoms. The lowest BCUT2D eigenvalue weighted by molar-refractivity contribution is -0.0554. The van der Waals surface area contributed by atoms with E-state index in [0.717, 1.165) is 42.4 Å². The summed E-state index contributed by atoms with van der Waals surface area (Å²) >= 11 is 0. The first kappa shape index (κ1) is 23.0. The van der Waals surface area contributed by atoms with Crippen molar-refractivity contribution in [3.63, 3.8) is 0 Å². The zero-order valence-electron chi connectivity index (χ0n) is 20.1. The summed E-state index contributed by atoms with van der Waals surface area (Å²) in [7, 11) is -0.290. The monoisotopic (exact) mass is 433 g/mol. The lowest BCUT2D eigenvalue weighted by atomic mass is 9.46. The number of aliphatic hydroxyl groups is 1. The second-order valence-corrected chi connectivity index (χ2v) is 13.4. The fraction of sp³-hybridized carbons (Fsp3) is 0.926. The summed E-state index contributed by atoms with van der Waals surface area (Å²) in [5.74, 6) is 4.84. The number of aliphatic hydroxyl groups excluding tert-OH is 1. The molecular formula is C27H46O2P. The van der Waals surface area contributed by atoms with E-state index in [4.69, 9.17) is 0 Å². The molecule has 0 amide bonds. The smallest absolute Gasteiger partial charge is 0.0622 e. The van der Waals surface area contributed by atoms with E-state index in [1.165, 1.54) is 56.9 Å². The van der Waals surface area contributed by atoms with Crippen molar-refractivity contribution in [3.8, 4) is 0 Å². The Morgan fingerprint density at radius 2 is 1.90 bits per heavy atom. The molecule has 0 saturated heterocycles. The number of hydrogen-bond donors (Lipinski definition) is 1. The largest absolute Gasteiger partial charge is 0.393 e. The van der Waals surface area contributed by atoms with Gasteiger partial charge in [-0.1, -0.05) is 65.5 Å². The van der Waals surface area contributed by atoms with E-state index in [1.54, 1.807) is 0 Å². The van der Waals surface area contributed by atoms with Gasteiger partial charge in [-0.25, -0.2) is 0 Å². The van der Waals surface area contributed by atoms with Crippen LogP contribution < -0.4 is 0 Å². The third-order valence-corrected chi connectivity index (χ3v) is 11.7. The summed E-state index contributed by atoms with van der Waals surface area (Å²) in [5, 5.41) is 10.4. The van der Waals surface area contributed by atoms with Gasteiger partial charge in [0.25, 0.3) is 0 Å². The second kappa shape index (κ2) is 8.62. The lowest BCUT2D eigenvalue weighted by Gasteiger charge is -2.59. The lowest BCUT2D eigenvalue weighted by Crippen LogP contribution is -2.54. The van der Waals surface area contributed by atoms with Crippen molar-refractivity contribution < 1.29 is 9.67 Å². The molecule has 0 aromatic carbocycles. The molecule has 0 spiro atoms. The number of hydrogen-bond acceptors (Lipinski definition) is 2. The molecule has 4 rings (SSSR count). The van der Waals surface area contributed by atoms with Gasteiger partial charge in [-0.15, -0.1) is 0 Å². The van der Waals surface area contributed by atoms with Gasteiger partial charge < -0.3 is 5.11 Å². The Morgan fingerprint density at radius 1 is 1.13 bits per heavy atom. The summed E-state index contributed by atoms with van der Waals surface area (Å²) in [6, 6.07) is 0. The topological polar surface area (TPSA) is 37.3 Å². The minimum absolute atomic E-state index is 0.0602. The van der Waals surface area contributed by atoms with Crippen molar-refractivity contribution in [2.75, 3.05) is 0 Å². The van der Waals surface area contributed by atoms with Crippen LogP contribution in [0.3, 0.4) is 0 Å². The van der Waals surface area contributed by atoms with Crippen LogP contribution in [-0.4, -0.2) is 16.9 Å². The molecule has 4 aliphatic rings. The van der Waals surface area contributed by atoms with Crippen LogP contribution >= 0.6 is 8.46 Å². The summed E-state index contributed by atoms with van der Waals surface area (Å²) in [6.45, 7) is 12.3. The van der Waals surface area contributed by atoms with E-state index in [9.17, 15) is 9.67 Å². The highest BCUT2D eigenvalue weighted by atomic mass is 31.1. The van der Waals surface area contributed by atoms with Crippen molar-refractivity contribution in [2.45, 2.75) is 111 Å². The highest BCUT2D eigenvalue weighted by Crippen LogP contribution is 2.68. The van der Waals surface area contributed by atoms with Gasteiger partial charge >= 0.3 is 0 Å². The van der Waals surface area contributed by atoms with E-state index < -0.39 is 0 Å². The molecule has 1 radical (unpaired) electrons. The predicted octanol–water partition coefficient (Wildman–Crippen LogP) is 7.39. The first-order valence-electron chi connectivity index (χ1n) is 13.0. The van der Waals surface area contributed by atoms with Crippen molar-refractivity contribution in [3.05, 3.63) is 11.6 Å². The number of rotatable bonds is 6. The first-order chi connectivity index (χ1) is 14.2. The molecule has 0 aromatic rings. The Morgan fingerprint density at radius 3 is 2.60 bits per heavy atom. The summed E-state index contributed by atoms with van der Waals surface area (Å²) in [6.07, 6.45) is 14.6. The molecule has 171 valence electrons. The maximum absolute atomic E-state index is 12.2. The number of allylic oxidation sites excluding steroid dienone is 1. The molecule has 4 aliphatic carbocycles. The third kappa shape index (κ3) is 3.67. The molecule has 2 nitrogen and oxygen atoms in total. The standard InChI is InChI=1S/C27H46O2P/c1-17(2)7-6-8-18(3)22-11-12-23-21-10-9-19-15-20(28)16-25(30-29)27(19,5)24(21)13-14-26(22,23)4/h9,17-18,20-25,28,30H,6-8,10-16H2,1-5H3/t18-,20-,21+,22-,23+,24+,25?,26-,27+/m1/s1. The zero-order valence-corrected chi connectivity index (χ0v) is 21.1. The van der Waals surface area contributed by atoms with E-state index in [1.807, 2.05) is 0 Å². The molecule has 0 aromatic heterocycles. The van der Waals surface area contributed by atoms with Crippen molar-refractivity contribution in [1.82, 2.24) is 0 Å². The summed E-state index contributed by atoms with van der Waals surface area (Å²) in [4.78, 5) is 0. The molecule has 0 aliphatic heterocycles. The molecule has 1 N–H and O–H groups in total. The SMILES string of the molecule is CC(C)CCC[C@@H](C)[C@H]1CC[C@H]2[C@@H]3CC=C4C[C@@H](O)CC([PH]=O)[C@]4(C)[C@H]3CC[C@]12C. The molecule has 2 unspecified atom stereocenters. The van der Waals surface area contributed by atoms with E-state index in [-0.39, 0.29) is 25.6 Å². The first-order valence-corrected chi connectivity index (χ1v) is 14.0. The quantitative estimate of drug-likeness (QED) is 0.350. The van der Waals surface area contributed by atoms with Crippen LogP contribution in [0.25, 0.3) is 0 Å². The molecule has 3 fully saturated rings. The van der Waals surface area contributed by atoms with Crippen LogP contribution in [0.2, 0.25) is 0 Å². The Hall–Kier alpha value is -0.200.